The molecular formula is C20H32O4. The Morgan fingerprint density at radius 2 is 2.08 bits per heavy atom. The highest BCUT2D eigenvalue weighted by molar-refractivity contribution is 5.87. The molecule has 0 aromatic carbocycles. The van der Waals surface area contributed by atoms with Gasteiger partial charge in [0.05, 0.1) is 11.7 Å². The molecule has 0 heterocycles. The van der Waals surface area contributed by atoms with Crippen LogP contribution >= 0.6 is 0 Å². The summed E-state index contributed by atoms with van der Waals surface area (Å²) in [5.74, 6) is 1.69. The van der Waals surface area contributed by atoms with Crippen LogP contribution in [0, 0.1) is 23.2 Å². The number of ether oxygens (including phenoxy) is 1. The molecule has 3 saturated carbocycles. The lowest BCUT2D eigenvalue weighted by molar-refractivity contribution is -0.129. The molecule has 0 aromatic rings. The summed E-state index contributed by atoms with van der Waals surface area (Å²) in [6.45, 7) is 4.99. The van der Waals surface area contributed by atoms with Gasteiger partial charge in [-0.3, -0.25) is 4.79 Å². The number of aliphatic hydroxyl groups is 1. The Balaban J connectivity index is 0.00000169. The third-order valence-corrected chi connectivity index (χ3v) is 7.57. The number of hydrogen-bond acceptors (Lipinski definition) is 3. The van der Waals surface area contributed by atoms with Gasteiger partial charge in [0.25, 0.3) is 0 Å². The molecule has 24 heavy (non-hydrogen) atoms. The molecule has 0 radical (unpaired) electrons. The number of Topliss-reactive ketones (excluding diaryl/α,β-unsaturated/α-hetero) is 1. The lowest BCUT2D eigenvalue weighted by atomic mass is 9.53. The predicted octanol–water partition coefficient (Wildman–Crippen LogP) is 2.82. The molecule has 4 nitrogen and oxygen atoms in total. The molecule has 4 rings (SSSR count). The zero-order valence-corrected chi connectivity index (χ0v) is 15.0. The summed E-state index contributed by atoms with van der Waals surface area (Å²) in [6.07, 6.45) is 10.2. The Kier molecular flexibility index (Phi) is 4.69. The summed E-state index contributed by atoms with van der Waals surface area (Å²) in [7, 11) is 0. The van der Waals surface area contributed by atoms with Gasteiger partial charge in [0, 0.05) is 18.4 Å². The number of rotatable bonds is 2. The number of hydrogen-bond donors (Lipinski definition) is 1. The van der Waals surface area contributed by atoms with E-state index in [9.17, 15) is 9.90 Å². The normalized spacial score (nSPS) is 47.1. The summed E-state index contributed by atoms with van der Waals surface area (Å²) in [6, 6.07) is 0. The average molecular weight is 336 g/mol. The van der Waals surface area contributed by atoms with Crippen molar-refractivity contribution in [3.8, 4) is 0 Å². The van der Waals surface area contributed by atoms with Crippen LogP contribution in [-0.2, 0) is 9.53 Å². The summed E-state index contributed by atoms with van der Waals surface area (Å²) >= 11 is 0. The van der Waals surface area contributed by atoms with E-state index in [4.69, 9.17) is 4.74 Å². The smallest absolute Gasteiger partial charge is 0.139 e. The van der Waals surface area contributed by atoms with Crippen LogP contribution < -0.4 is 0 Å². The summed E-state index contributed by atoms with van der Waals surface area (Å²) in [4.78, 5) is 12.4. The van der Waals surface area contributed by atoms with Crippen LogP contribution in [0.4, 0.5) is 0 Å². The first-order chi connectivity index (χ1) is 11.0. The van der Waals surface area contributed by atoms with Gasteiger partial charge in [-0.1, -0.05) is 13.0 Å². The van der Waals surface area contributed by atoms with Crippen molar-refractivity contribution in [2.45, 2.75) is 76.9 Å². The Morgan fingerprint density at radius 1 is 1.29 bits per heavy atom. The highest BCUT2D eigenvalue weighted by atomic mass is 16.5. The summed E-state index contributed by atoms with van der Waals surface area (Å²) in [5.41, 5.74) is 0.518. The second-order valence-corrected chi connectivity index (χ2v) is 8.51. The topological polar surface area (TPSA) is 78.0 Å². The van der Waals surface area contributed by atoms with Gasteiger partial charge in [-0.05, 0) is 75.2 Å². The molecule has 0 bridgehead atoms. The molecule has 6 atom stereocenters. The van der Waals surface area contributed by atoms with Crippen molar-refractivity contribution in [2.75, 3.05) is 6.61 Å². The fourth-order valence-electron chi connectivity index (χ4n) is 6.27. The Morgan fingerprint density at radius 3 is 2.83 bits per heavy atom. The SMILES string of the molecule is CCO[C@H]1CCC2(O)C3=CC[C@]4(C)C(=O)CCC4C3CCC2C1.O. The Bertz CT molecular complexity index is 542. The van der Waals surface area contributed by atoms with Crippen LogP contribution in [0.1, 0.15) is 65.2 Å². The Labute approximate surface area is 145 Å². The minimum atomic E-state index is -0.622. The maximum Gasteiger partial charge on any atom is 0.139 e. The summed E-state index contributed by atoms with van der Waals surface area (Å²) < 4.78 is 5.84. The van der Waals surface area contributed by atoms with Crippen LogP contribution in [0.3, 0.4) is 0 Å². The van der Waals surface area contributed by atoms with E-state index in [0.717, 1.165) is 58.0 Å². The summed E-state index contributed by atoms with van der Waals surface area (Å²) in [5, 5.41) is 11.5. The van der Waals surface area contributed by atoms with Crippen molar-refractivity contribution < 1.29 is 20.1 Å². The van der Waals surface area contributed by atoms with Crippen LogP contribution in [0.5, 0.6) is 0 Å². The van der Waals surface area contributed by atoms with E-state index in [-0.39, 0.29) is 10.9 Å². The van der Waals surface area contributed by atoms with Crippen molar-refractivity contribution in [3.05, 3.63) is 11.6 Å². The van der Waals surface area contributed by atoms with Crippen LogP contribution in [0.25, 0.3) is 0 Å². The molecule has 0 aromatic heterocycles. The van der Waals surface area contributed by atoms with Crippen molar-refractivity contribution in [1.29, 1.82) is 0 Å². The molecule has 136 valence electrons. The fraction of sp³-hybridized carbons (Fsp3) is 0.850. The third kappa shape index (κ3) is 2.41. The lowest BCUT2D eigenvalue weighted by Crippen LogP contribution is -2.54. The van der Waals surface area contributed by atoms with Gasteiger partial charge in [-0.25, -0.2) is 0 Å². The van der Waals surface area contributed by atoms with Gasteiger partial charge < -0.3 is 15.3 Å². The molecule has 4 heteroatoms. The van der Waals surface area contributed by atoms with Crippen LogP contribution in [0.15, 0.2) is 11.6 Å². The molecule has 4 aliphatic rings. The maximum atomic E-state index is 12.4. The number of carbonyl (C=O) groups is 1. The zero-order chi connectivity index (χ0) is 16.2. The van der Waals surface area contributed by atoms with Crippen molar-refractivity contribution in [2.24, 2.45) is 23.2 Å². The van der Waals surface area contributed by atoms with E-state index in [2.05, 4.69) is 19.9 Å². The predicted molar refractivity (Wildman–Crippen MR) is 92.6 cm³/mol. The molecule has 0 amide bonds. The standard InChI is InChI=1S/C20H30O3.H2O/c1-3-23-14-8-11-20(22)13(12-14)4-5-15-16-6-7-18(21)19(16,2)10-9-17(15)20;/h9,13-16,22H,3-8,10-12H2,1-2H3;1H2/t13?,14-,15?,16?,19-,20?;/m0./s1. The highest BCUT2D eigenvalue weighted by Gasteiger charge is 2.58. The van der Waals surface area contributed by atoms with Gasteiger partial charge in [0.2, 0.25) is 0 Å². The molecule has 4 unspecified atom stereocenters. The van der Waals surface area contributed by atoms with Crippen molar-refractivity contribution in [1.82, 2.24) is 0 Å². The minimum Gasteiger partial charge on any atom is -0.412 e. The first-order valence-corrected chi connectivity index (χ1v) is 9.57. The van der Waals surface area contributed by atoms with E-state index < -0.39 is 5.60 Å². The highest BCUT2D eigenvalue weighted by Crippen LogP contribution is 2.60. The molecule has 3 N–H and O–H groups in total. The van der Waals surface area contributed by atoms with Gasteiger partial charge in [-0.15, -0.1) is 0 Å². The number of ketones is 1. The number of carbonyl (C=O) groups excluding carboxylic acids is 1. The second-order valence-electron chi connectivity index (χ2n) is 8.51. The van der Waals surface area contributed by atoms with Crippen LogP contribution in [0.2, 0.25) is 0 Å². The zero-order valence-electron chi connectivity index (χ0n) is 15.0. The third-order valence-electron chi connectivity index (χ3n) is 7.57. The van der Waals surface area contributed by atoms with E-state index in [1.165, 1.54) is 5.57 Å². The maximum absolute atomic E-state index is 12.4. The van der Waals surface area contributed by atoms with Gasteiger partial charge in [-0.2, -0.15) is 0 Å². The van der Waals surface area contributed by atoms with Gasteiger partial charge in [0.1, 0.15) is 5.78 Å². The molecule has 4 aliphatic carbocycles. The van der Waals surface area contributed by atoms with Gasteiger partial charge >= 0.3 is 0 Å². The van der Waals surface area contributed by atoms with Gasteiger partial charge in [0.15, 0.2) is 0 Å². The minimum absolute atomic E-state index is 0. The van der Waals surface area contributed by atoms with E-state index in [1.807, 2.05) is 0 Å². The second kappa shape index (κ2) is 6.22. The molecule has 0 saturated heterocycles. The average Bonchev–Trinajstić information content (AvgIpc) is 2.84. The lowest BCUT2D eigenvalue weighted by Gasteiger charge is -2.54. The number of allylic oxidation sites excluding steroid dienone is 1. The van der Waals surface area contributed by atoms with E-state index >= 15 is 0 Å². The van der Waals surface area contributed by atoms with Crippen LogP contribution in [-0.4, -0.2) is 34.7 Å². The van der Waals surface area contributed by atoms with Crippen molar-refractivity contribution in [3.63, 3.8) is 0 Å². The molecular weight excluding hydrogens is 304 g/mol. The van der Waals surface area contributed by atoms with E-state index in [1.54, 1.807) is 0 Å². The van der Waals surface area contributed by atoms with E-state index in [0.29, 0.717) is 29.6 Å². The van der Waals surface area contributed by atoms with Crippen molar-refractivity contribution >= 4 is 5.78 Å². The molecule has 3 fully saturated rings. The Hall–Kier alpha value is -0.710. The molecule has 0 spiro atoms. The quantitative estimate of drug-likeness (QED) is 0.788. The fourth-order valence-corrected chi connectivity index (χ4v) is 6.27. The first-order valence-electron chi connectivity index (χ1n) is 9.57. The largest absolute Gasteiger partial charge is 0.412 e. The molecule has 0 aliphatic heterocycles. The first kappa shape index (κ1) is 18.1. The monoisotopic (exact) mass is 336 g/mol. The number of fused-ring (bicyclic) bond motifs is 5.